The molecular formula is C15H31NO2. The minimum atomic E-state index is -0.0478. The van der Waals surface area contributed by atoms with E-state index in [1.165, 1.54) is 38.5 Å². The molecule has 0 saturated carbocycles. The lowest BCUT2D eigenvalue weighted by molar-refractivity contribution is -0.143. The van der Waals surface area contributed by atoms with E-state index in [-0.39, 0.29) is 5.97 Å². The predicted octanol–water partition coefficient (Wildman–Crippen LogP) is 3.80. The fourth-order valence-electron chi connectivity index (χ4n) is 2.03. The Bertz CT molecular complexity index is 193. The second-order valence-corrected chi connectivity index (χ2v) is 5.15. The van der Waals surface area contributed by atoms with Crippen LogP contribution in [0.25, 0.3) is 0 Å². The average Bonchev–Trinajstić information content (AvgIpc) is 2.31. The Hall–Kier alpha value is -0.570. The van der Waals surface area contributed by atoms with Gasteiger partial charge in [-0.05, 0) is 26.7 Å². The van der Waals surface area contributed by atoms with E-state index in [1.54, 1.807) is 0 Å². The molecule has 0 fully saturated rings. The molecule has 2 N–H and O–H groups in total. The van der Waals surface area contributed by atoms with Gasteiger partial charge in [0.2, 0.25) is 0 Å². The molecule has 0 bridgehead atoms. The molecule has 108 valence electrons. The summed E-state index contributed by atoms with van der Waals surface area (Å²) in [6, 6.07) is 0.355. The van der Waals surface area contributed by atoms with E-state index < -0.39 is 0 Å². The largest absolute Gasteiger partial charge is 0.466 e. The Labute approximate surface area is 112 Å². The van der Waals surface area contributed by atoms with Gasteiger partial charge >= 0.3 is 5.97 Å². The molecule has 0 amide bonds. The third kappa shape index (κ3) is 13.5. The van der Waals surface area contributed by atoms with Crippen LogP contribution in [0, 0.1) is 0 Å². The summed E-state index contributed by atoms with van der Waals surface area (Å²) >= 11 is 0. The molecule has 1 atom stereocenters. The first-order valence-electron chi connectivity index (χ1n) is 7.58. The van der Waals surface area contributed by atoms with Gasteiger partial charge in [-0.3, -0.25) is 4.79 Å². The minimum absolute atomic E-state index is 0.0478. The topological polar surface area (TPSA) is 52.3 Å². The molecule has 0 aliphatic rings. The third-order valence-electron chi connectivity index (χ3n) is 3.10. The Morgan fingerprint density at radius 1 is 1.00 bits per heavy atom. The quantitative estimate of drug-likeness (QED) is 0.427. The van der Waals surface area contributed by atoms with E-state index in [2.05, 4.69) is 6.92 Å². The van der Waals surface area contributed by atoms with Gasteiger partial charge in [0.15, 0.2) is 0 Å². The van der Waals surface area contributed by atoms with Crippen LogP contribution in [-0.4, -0.2) is 18.6 Å². The van der Waals surface area contributed by atoms with E-state index in [0.717, 1.165) is 19.3 Å². The second-order valence-electron chi connectivity index (χ2n) is 5.15. The number of hydrogen-bond acceptors (Lipinski definition) is 3. The molecule has 0 aromatic heterocycles. The van der Waals surface area contributed by atoms with Crippen LogP contribution in [-0.2, 0) is 9.53 Å². The smallest absolute Gasteiger partial charge is 0.305 e. The van der Waals surface area contributed by atoms with E-state index in [9.17, 15) is 4.79 Å². The van der Waals surface area contributed by atoms with Gasteiger partial charge < -0.3 is 10.5 Å². The SMILES string of the molecule is CCOC(=O)CCCCCCCCCC[C@@H](C)N. The first kappa shape index (κ1) is 17.4. The lowest BCUT2D eigenvalue weighted by Gasteiger charge is -2.04. The van der Waals surface area contributed by atoms with Gasteiger partial charge in [-0.25, -0.2) is 0 Å². The predicted molar refractivity (Wildman–Crippen MR) is 76.5 cm³/mol. The highest BCUT2D eigenvalue weighted by molar-refractivity contribution is 5.69. The van der Waals surface area contributed by atoms with Crippen LogP contribution in [0.4, 0.5) is 0 Å². The highest BCUT2D eigenvalue weighted by Crippen LogP contribution is 2.11. The normalized spacial score (nSPS) is 12.4. The van der Waals surface area contributed by atoms with Crippen molar-refractivity contribution in [1.29, 1.82) is 0 Å². The van der Waals surface area contributed by atoms with E-state index in [1.807, 2.05) is 6.92 Å². The summed E-state index contributed by atoms with van der Waals surface area (Å²) in [6.07, 6.45) is 11.6. The van der Waals surface area contributed by atoms with Crippen molar-refractivity contribution < 1.29 is 9.53 Å². The highest BCUT2D eigenvalue weighted by atomic mass is 16.5. The molecule has 3 nitrogen and oxygen atoms in total. The number of nitrogens with two attached hydrogens (primary N) is 1. The molecule has 0 unspecified atom stereocenters. The van der Waals surface area contributed by atoms with Crippen molar-refractivity contribution in [2.24, 2.45) is 5.73 Å². The zero-order chi connectivity index (χ0) is 13.6. The van der Waals surface area contributed by atoms with Gasteiger partial charge in [0, 0.05) is 12.5 Å². The average molecular weight is 257 g/mol. The monoisotopic (exact) mass is 257 g/mol. The molecule has 0 spiro atoms. The van der Waals surface area contributed by atoms with Crippen molar-refractivity contribution in [3.8, 4) is 0 Å². The minimum Gasteiger partial charge on any atom is -0.466 e. The van der Waals surface area contributed by atoms with Crippen LogP contribution in [0.3, 0.4) is 0 Å². The molecule has 0 heterocycles. The van der Waals surface area contributed by atoms with Crippen LogP contribution < -0.4 is 5.73 Å². The fourth-order valence-corrected chi connectivity index (χ4v) is 2.03. The molecule has 0 saturated heterocycles. The van der Waals surface area contributed by atoms with Gasteiger partial charge in [-0.15, -0.1) is 0 Å². The summed E-state index contributed by atoms with van der Waals surface area (Å²) in [5.41, 5.74) is 5.70. The van der Waals surface area contributed by atoms with Crippen LogP contribution in [0.2, 0.25) is 0 Å². The third-order valence-corrected chi connectivity index (χ3v) is 3.10. The van der Waals surface area contributed by atoms with Gasteiger partial charge in [0.05, 0.1) is 6.61 Å². The van der Waals surface area contributed by atoms with Gasteiger partial charge in [-0.2, -0.15) is 0 Å². The zero-order valence-corrected chi connectivity index (χ0v) is 12.2. The highest BCUT2D eigenvalue weighted by Gasteiger charge is 2.00. The number of carbonyl (C=O) groups excluding carboxylic acids is 1. The molecular weight excluding hydrogens is 226 g/mol. The maximum Gasteiger partial charge on any atom is 0.305 e. The standard InChI is InChI=1S/C15H31NO2/c1-3-18-15(17)13-11-9-7-5-4-6-8-10-12-14(2)16/h14H,3-13,16H2,1-2H3/t14-/m1/s1. The maximum absolute atomic E-state index is 11.1. The number of rotatable bonds is 12. The van der Waals surface area contributed by atoms with E-state index >= 15 is 0 Å². The lowest BCUT2D eigenvalue weighted by Crippen LogP contribution is -2.13. The van der Waals surface area contributed by atoms with Crippen molar-refractivity contribution in [3.05, 3.63) is 0 Å². The van der Waals surface area contributed by atoms with E-state index in [0.29, 0.717) is 19.1 Å². The summed E-state index contributed by atoms with van der Waals surface area (Å²) in [6.45, 7) is 4.42. The summed E-state index contributed by atoms with van der Waals surface area (Å²) in [4.78, 5) is 11.1. The van der Waals surface area contributed by atoms with Crippen molar-refractivity contribution >= 4 is 5.97 Å². The Morgan fingerprint density at radius 3 is 2.00 bits per heavy atom. The first-order valence-corrected chi connectivity index (χ1v) is 7.58. The Balaban J connectivity index is 3.05. The van der Waals surface area contributed by atoms with Gasteiger partial charge in [-0.1, -0.05) is 44.9 Å². The van der Waals surface area contributed by atoms with Gasteiger partial charge in [0.1, 0.15) is 0 Å². The molecule has 0 aliphatic carbocycles. The van der Waals surface area contributed by atoms with Crippen molar-refractivity contribution in [2.75, 3.05) is 6.61 Å². The first-order chi connectivity index (χ1) is 8.66. The second kappa shape index (κ2) is 12.9. The number of carbonyl (C=O) groups is 1. The van der Waals surface area contributed by atoms with E-state index in [4.69, 9.17) is 10.5 Å². The summed E-state index contributed by atoms with van der Waals surface area (Å²) in [7, 11) is 0. The number of ether oxygens (including phenoxy) is 1. The molecule has 3 heteroatoms. The molecule has 0 radical (unpaired) electrons. The van der Waals surface area contributed by atoms with Crippen LogP contribution in [0.5, 0.6) is 0 Å². The molecule has 0 rings (SSSR count). The van der Waals surface area contributed by atoms with Crippen molar-refractivity contribution in [2.45, 2.75) is 84.1 Å². The van der Waals surface area contributed by atoms with Crippen LogP contribution >= 0.6 is 0 Å². The molecule has 0 aliphatic heterocycles. The summed E-state index contributed by atoms with van der Waals surface area (Å²) < 4.78 is 4.88. The maximum atomic E-state index is 11.1. The van der Waals surface area contributed by atoms with Crippen LogP contribution in [0.1, 0.15) is 78.1 Å². The fraction of sp³-hybridized carbons (Fsp3) is 0.933. The summed E-state index contributed by atoms with van der Waals surface area (Å²) in [5, 5.41) is 0. The Kier molecular flexibility index (Phi) is 12.5. The summed E-state index contributed by atoms with van der Waals surface area (Å²) in [5.74, 6) is -0.0478. The van der Waals surface area contributed by atoms with Crippen molar-refractivity contribution in [3.63, 3.8) is 0 Å². The lowest BCUT2D eigenvalue weighted by atomic mass is 10.0. The Morgan fingerprint density at radius 2 is 1.50 bits per heavy atom. The van der Waals surface area contributed by atoms with Gasteiger partial charge in [0.25, 0.3) is 0 Å². The number of esters is 1. The van der Waals surface area contributed by atoms with Crippen LogP contribution in [0.15, 0.2) is 0 Å². The van der Waals surface area contributed by atoms with Crippen molar-refractivity contribution in [1.82, 2.24) is 0 Å². The molecule has 0 aromatic rings. The number of unbranched alkanes of at least 4 members (excludes halogenated alkanes) is 7. The number of hydrogen-bond donors (Lipinski definition) is 1. The molecule has 18 heavy (non-hydrogen) atoms. The molecule has 0 aromatic carbocycles. The zero-order valence-electron chi connectivity index (χ0n) is 12.2.